The number of fused-ring (bicyclic) bond motifs is 1. The Morgan fingerprint density at radius 3 is 2.47 bits per heavy atom. The lowest BCUT2D eigenvalue weighted by molar-refractivity contribution is 0.0796. The number of rotatable bonds is 8. The summed E-state index contributed by atoms with van der Waals surface area (Å²) in [6, 6.07) is 14.4. The van der Waals surface area contributed by atoms with Crippen LogP contribution < -0.4 is 4.74 Å². The zero-order chi connectivity index (χ0) is 20.9. The Bertz CT molecular complexity index is 1110. The van der Waals surface area contributed by atoms with Crippen molar-refractivity contribution in [3.8, 4) is 6.01 Å². The van der Waals surface area contributed by atoms with Crippen LogP contribution in [0, 0.1) is 13.8 Å². The molecule has 1 atom stereocenters. The van der Waals surface area contributed by atoms with Crippen molar-refractivity contribution in [3.63, 3.8) is 0 Å². The molecule has 1 aromatic carbocycles. The van der Waals surface area contributed by atoms with Gasteiger partial charge in [0.05, 0.1) is 12.3 Å². The molecule has 3 aromatic heterocycles. The lowest BCUT2D eigenvalue weighted by atomic mass is 10.1. The van der Waals surface area contributed by atoms with Crippen LogP contribution >= 0.6 is 0 Å². The van der Waals surface area contributed by atoms with Gasteiger partial charge in [-0.2, -0.15) is 9.97 Å². The van der Waals surface area contributed by atoms with Crippen LogP contribution in [0.25, 0.3) is 11.2 Å². The fourth-order valence-electron chi connectivity index (χ4n) is 3.54. The van der Waals surface area contributed by atoms with E-state index in [4.69, 9.17) is 9.47 Å². The van der Waals surface area contributed by atoms with E-state index in [-0.39, 0.29) is 6.23 Å². The van der Waals surface area contributed by atoms with Gasteiger partial charge >= 0.3 is 6.01 Å². The molecule has 30 heavy (non-hydrogen) atoms. The van der Waals surface area contributed by atoms with Gasteiger partial charge in [0.15, 0.2) is 11.9 Å². The molecule has 0 bridgehead atoms. The third-order valence-electron chi connectivity index (χ3n) is 5.00. The van der Waals surface area contributed by atoms with E-state index in [9.17, 15) is 0 Å². The van der Waals surface area contributed by atoms with Crippen LogP contribution in [-0.4, -0.2) is 38.2 Å². The molecular weight excluding hydrogens is 378 g/mol. The number of imidazole rings is 1. The van der Waals surface area contributed by atoms with E-state index in [2.05, 4.69) is 19.9 Å². The van der Waals surface area contributed by atoms with Gasteiger partial charge in [-0.05, 0) is 44.4 Å². The first-order valence-electron chi connectivity index (χ1n) is 10.00. The zero-order valence-electron chi connectivity index (χ0n) is 17.4. The molecule has 3 heterocycles. The van der Waals surface area contributed by atoms with Gasteiger partial charge < -0.3 is 9.47 Å². The van der Waals surface area contributed by atoms with Gasteiger partial charge in [0, 0.05) is 25.1 Å². The van der Waals surface area contributed by atoms with Crippen molar-refractivity contribution in [3.05, 3.63) is 77.5 Å². The maximum atomic E-state index is 5.88. The van der Waals surface area contributed by atoms with E-state index in [1.807, 2.05) is 60.9 Å². The molecule has 0 fully saturated rings. The number of pyridine rings is 1. The lowest BCUT2D eigenvalue weighted by Crippen LogP contribution is -2.15. The van der Waals surface area contributed by atoms with Gasteiger partial charge in [-0.3, -0.25) is 9.55 Å². The van der Waals surface area contributed by atoms with Gasteiger partial charge in [-0.25, -0.2) is 4.98 Å². The van der Waals surface area contributed by atoms with E-state index in [0.29, 0.717) is 18.3 Å². The average Bonchev–Trinajstić information content (AvgIpc) is 3.10. The van der Waals surface area contributed by atoms with Crippen LogP contribution in [0.4, 0.5) is 0 Å². The van der Waals surface area contributed by atoms with Gasteiger partial charge in [-0.1, -0.05) is 30.3 Å². The van der Waals surface area contributed by atoms with Crippen LogP contribution in [-0.2, 0) is 11.2 Å². The molecule has 1 unspecified atom stereocenters. The molecule has 0 N–H and O–H groups in total. The Kier molecular flexibility index (Phi) is 5.99. The summed E-state index contributed by atoms with van der Waals surface area (Å²) in [5, 5.41) is 0. The highest BCUT2D eigenvalue weighted by Crippen LogP contribution is 2.27. The quantitative estimate of drug-likeness (QED) is 0.413. The molecule has 4 aromatic rings. The Morgan fingerprint density at radius 1 is 0.967 bits per heavy atom. The molecule has 0 saturated heterocycles. The second-order valence-electron chi connectivity index (χ2n) is 7.10. The Hall–Kier alpha value is -3.32. The highest BCUT2D eigenvalue weighted by Gasteiger charge is 2.22. The smallest absolute Gasteiger partial charge is 0.318 e. The predicted octanol–water partition coefficient (Wildman–Crippen LogP) is 4.04. The highest BCUT2D eigenvalue weighted by molar-refractivity contribution is 5.74. The number of hydrogen-bond acceptors (Lipinski definition) is 6. The van der Waals surface area contributed by atoms with Crippen LogP contribution in [0.5, 0.6) is 6.01 Å². The molecule has 154 valence electrons. The molecule has 0 radical (unpaired) electrons. The summed E-state index contributed by atoms with van der Waals surface area (Å²) in [7, 11) is 1.69. The monoisotopic (exact) mass is 403 g/mol. The number of methoxy groups -OCH3 is 1. The standard InChI is InChI=1S/C23H25N5O2/c1-16-20-21(27-23(25-16)30-15-7-8-18-11-13-24-14-12-18)28(17(2)26-20)22(29-3)19-9-5-4-6-10-19/h4-6,9-14,22H,7-8,15H2,1-3H3. The number of nitrogens with zero attached hydrogens (tertiary/aromatic N) is 5. The number of aromatic nitrogens is 5. The fraction of sp³-hybridized carbons (Fsp3) is 0.304. The second kappa shape index (κ2) is 9.00. The van der Waals surface area contributed by atoms with E-state index in [1.54, 1.807) is 19.5 Å². The van der Waals surface area contributed by atoms with Crippen molar-refractivity contribution in [1.82, 2.24) is 24.5 Å². The van der Waals surface area contributed by atoms with E-state index < -0.39 is 0 Å². The minimum atomic E-state index is -0.329. The van der Waals surface area contributed by atoms with Crippen molar-refractivity contribution in [1.29, 1.82) is 0 Å². The van der Waals surface area contributed by atoms with Crippen LogP contribution in [0.3, 0.4) is 0 Å². The van der Waals surface area contributed by atoms with E-state index in [1.165, 1.54) is 5.56 Å². The largest absolute Gasteiger partial charge is 0.463 e. The van der Waals surface area contributed by atoms with Crippen LogP contribution in [0.1, 0.15) is 35.3 Å². The summed E-state index contributed by atoms with van der Waals surface area (Å²) < 4.78 is 13.7. The molecule has 0 aliphatic rings. The van der Waals surface area contributed by atoms with Crippen LogP contribution in [0.2, 0.25) is 0 Å². The molecule has 7 heteroatoms. The Labute approximate surface area is 175 Å². The summed E-state index contributed by atoms with van der Waals surface area (Å²) in [5.41, 5.74) is 4.52. The Balaban J connectivity index is 1.58. The number of benzene rings is 1. The molecular formula is C23H25N5O2. The first-order chi connectivity index (χ1) is 14.7. The average molecular weight is 403 g/mol. The first kappa shape index (κ1) is 20.0. The van der Waals surface area contributed by atoms with Crippen molar-refractivity contribution < 1.29 is 9.47 Å². The zero-order valence-corrected chi connectivity index (χ0v) is 17.4. The van der Waals surface area contributed by atoms with E-state index >= 15 is 0 Å². The summed E-state index contributed by atoms with van der Waals surface area (Å²) in [5.74, 6) is 0.813. The van der Waals surface area contributed by atoms with Crippen molar-refractivity contribution in [2.75, 3.05) is 13.7 Å². The third kappa shape index (κ3) is 4.16. The molecule has 4 rings (SSSR count). The number of aryl methyl sites for hydroxylation is 3. The topological polar surface area (TPSA) is 75.0 Å². The van der Waals surface area contributed by atoms with Crippen molar-refractivity contribution in [2.24, 2.45) is 0 Å². The summed E-state index contributed by atoms with van der Waals surface area (Å²) in [6.45, 7) is 4.41. The van der Waals surface area contributed by atoms with Gasteiger partial charge in [0.25, 0.3) is 0 Å². The normalized spacial score (nSPS) is 12.2. The fourth-order valence-corrected chi connectivity index (χ4v) is 3.54. The minimum absolute atomic E-state index is 0.329. The third-order valence-corrected chi connectivity index (χ3v) is 5.00. The lowest BCUT2D eigenvalue weighted by Gasteiger charge is -2.19. The Morgan fingerprint density at radius 2 is 1.73 bits per heavy atom. The molecule has 0 spiro atoms. The molecule has 7 nitrogen and oxygen atoms in total. The van der Waals surface area contributed by atoms with E-state index in [0.717, 1.165) is 35.4 Å². The molecule has 0 amide bonds. The minimum Gasteiger partial charge on any atom is -0.463 e. The first-order valence-corrected chi connectivity index (χ1v) is 10.00. The summed E-state index contributed by atoms with van der Waals surface area (Å²) in [6.07, 6.45) is 5.07. The molecule has 0 aliphatic heterocycles. The summed E-state index contributed by atoms with van der Waals surface area (Å²) in [4.78, 5) is 17.9. The number of hydrogen-bond donors (Lipinski definition) is 0. The van der Waals surface area contributed by atoms with Crippen LogP contribution in [0.15, 0.2) is 54.9 Å². The van der Waals surface area contributed by atoms with Gasteiger partial charge in [0.2, 0.25) is 0 Å². The second-order valence-corrected chi connectivity index (χ2v) is 7.10. The van der Waals surface area contributed by atoms with Crippen molar-refractivity contribution in [2.45, 2.75) is 32.9 Å². The van der Waals surface area contributed by atoms with Gasteiger partial charge in [0.1, 0.15) is 11.3 Å². The molecule has 0 saturated carbocycles. The summed E-state index contributed by atoms with van der Waals surface area (Å²) >= 11 is 0. The van der Waals surface area contributed by atoms with Gasteiger partial charge in [-0.15, -0.1) is 0 Å². The predicted molar refractivity (Wildman–Crippen MR) is 114 cm³/mol. The molecule has 0 aliphatic carbocycles. The maximum absolute atomic E-state index is 5.88. The number of ether oxygens (including phenoxy) is 2. The van der Waals surface area contributed by atoms with Crippen molar-refractivity contribution >= 4 is 11.2 Å². The SMILES string of the molecule is COC(c1ccccc1)n1c(C)nc2c(C)nc(OCCCc3ccncc3)nc21. The maximum Gasteiger partial charge on any atom is 0.318 e. The highest BCUT2D eigenvalue weighted by atomic mass is 16.5.